The first-order chi connectivity index (χ1) is 9.51. The SMILES string of the molecule is CC(C)(C(=O)OCC(=O)N1CCCC1)c1ccccc1. The number of esters is 1. The molecule has 0 aliphatic carbocycles. The molecule has 108 valence electrons. The van der Waals surface area contributed by atoms with Gasteiger partial charge in [-0.25, -0.2) is 0 Å². The van der Waals surface area contributed by atoms with Crippen molar-refractivity contribution < 1.29 is 14.3 Å². The Balaban J connectivity index is 1.92. The molecule has 1 fully saturated rings. The zero-order valence-corrected chi connectivity index (χ0v) is 12.1. The molecule has 0 spiro atoms. The molecule has 1 aromatic carbocycles. The van der Waals surface area contributed by atoms with Crippen molar-refractivity contribution in [2.75, 3.05) is 19.7 Å². The Morgan fingerprint density at radius 1 is 1.15 bits per heavy atom. The zero-order chi connectivity index (χ0) is 14.6. The first-order valence-electron chi connectivity index (χ1n) is 7.02. The van der Waals surface area contributed by atoms with Crippen LogP contribution in [0.5, 0.6) is 0 Å². The van der Waals surface area contributed by atoms with Crippen molar-refractivity contribution in [1.29, 1.82) is 0 Å². The maximum Gasteiger partial charge on any atom is 0.316 e. The van der Waals surface area contributed by atoms with Gasteiger partial charge in [-0.05, 0) is 32.3 Å². The van der Waals surface area contributed by atoms with Crippen molar-refractivity contribution in [2.45, 2.75) is 32.1 Å². The van der Waals surface area contributed by atoms with Crippen molar-refractivity contribution in [1.82, 2.24) is 4.90 Å². The number of benzene rings is 1. The molecule has 4 nitrogen and oxygen atoms in total. The number of amides is 1. The van der Waals surface area contributed by atoms with Crippen LogP contribution >= 0.6 is 0 Å². The standard InChI is InChI=1S/C16H21NO3/c1-16(2,13-8-4-3-5-9-13)15(19)20-12-14(18)17-10-6-7-11-17/h3-5,8-9H,6-7,10-12H2,1-2H3. The van der Waals surface area contributed by atoms with Crippen molar-refractivity contribution in [3.8, 4) is 0 Å². The number of rotatable bonds is 4. The number of hydrogen-bond acceptors (Lipinski definition) is 3. The summed E-state index contributed by atoms with van der Waals surface area (Å²) in [5, 5.41) is 0. The number of nitrogens with zero attached hydrogens (tertiary/aromatic N) is 1. The van der Waals surface area contributed by atoms with Gasteiger partial charge in [0.2, 0.25) is 0 Å². The Hall–Kier alpha value is -1.84. The summed E-state index contributed by atoms with van der Waals surface area (Å²) >= 11 is 0. The number of carbonyl (C=O) groups excluding carboxylic acids is 2. The fraction of sp³-hybridized carbons (Fsp3) is 0.500. The fourth-order valence-corrected chi connectivity index (χ4v) is 2.34. The normalized spacial score (nSPS) is 15.2. The molecule has 0 radical (unpaired) electrons. The largest absolute Gasteiger partial charge is 0.455 e. The third-order valence-electron chi connectivity index (χ3n) is 3.79. The monoisotopic (exact) mass is 275 g/mol. The number of carbonyl (C=O) groups is 2. The van der Waals surface area contributed by atoms with Gasteiger partial charge in [0.15, 0.2) is 6.61 Å². The van der Waals surface area contributed by atoms with Gasteiger partial charge in [-0.1, -0.05) is 30.3 Å². The summed E-state index contributed by atoms with van der Waals surface area (Å²) in [4.78, 5) is 25.8. The summed E-state index contributed by atoms with van der Waals surface area (Å²) in [5.74, 6) is -0.462. The molecule has 20 heavy (non-hydrogen) atoms. The molecule has 1 saturated heterocycles. The highest BCUT2D eigenvalue weighted by atomic mass is 16.5. The molecule has 0 aromatic heterocycles. The molecule has 1 aromatic rings. The predicted octanol–water partition coefficient (Wildman–Crippen LogP) is 2.13. The van der Waals surface area contributed by atoms with Gasteiger partial charge in [-0.15, -0.1) is 0 Å². The molecule has 4 heteroatoms. The minimum atomic E-state index is -0.744. The lowest BCUT2D eigenvalue weighted by atomic mass is 9.85. The lowest BCUT2D eigenvalue weighted by molar-refractivity contribution is -0.155. The molecular weight excluding hydrogens is 254 g/mol. The highest BCUT2D eigenvalue weighted by Crippen LogP contribution is 2.24. The van der Waals surface area contributed by atoms with Crippen LogP contribution in [0.25, 0.3) is 0 Å². The molecule has 1 amide bonds. The van der Waals surface area contributed by atoms with Crippen LogP contribution in [0.15, 0.2) is 30.3 Å². The average molecular weight is 275 g/mol. The van der Waals surface area contributed by atoms with Crippen LogP contribution in [0.1, 0.15) is 32.3 Å². The summed E-state index contributed by atoms with van der Waals surface area (Å²) in [6.07, 6.45) is 2.07. The smallest absolute Gasteiger partial charge is 0.316 e. The van der Waals surface area contributed by atoms with E-state index in [-0.39, 0.29) is 18.5 Å². The van der Waals surface area contributed by atoms with Gasteiger partial charge in [0.1, 0.15) is 0 Å². The van der Waals surface area contributed by atoms with Gasteiger partial charge in [0, 0.05) is 13.1 Å². The van der Waals surface area contributed by atoms with Gasteiger partial charge in [0.25, 0.3) is 5.91 Å². The highest BCUT2D eigenvalue weighted by Gasteiger charge is 2.32. The first-order valence-corrected chi connectivity index (χ1v) is 7.02. The maximum absolute atomic E-state index is 12.2. The van der Waals surface area contributed by atoms with Crippen LogP contribution in [0.3, 0.4) is 0 Å². The molecule has 1 aliphatic rings. The van der Waals surface area contributed by atoms with E-state index in [1.807, 2.05) is 44.2 Å². The van der Waals surface area contributed by atoms with Gasteiger partial charge in [0.05, 0.1) is 5.41 Å². The summed E-state index contributed by atoms with van der Waals surface area (Å²) in [6.45, 7) is 5.02. The first kappa shape index (κ1) is 14.6. The van der Waals surface area contributed by atoms with E-state index >= 15 is 0 Å². The zero-order valence-electron chi connectivity index (χ0n) is 12.1. The van der Waals surface area contributed by atoms with Gasteiger partial charge >= 0.3 is 5.97 Å². The van der Waals surface area contributed by atoms with E-state index in [0.29, 0.717) is 0 Å². The van der Waals surface area contributed by atoms with Crippen molar-refractivity contribution in [3.05, 3.63) is 35.9 Å². The molecule has 0 N–H and O–H groups in total. The molecule has 0 atom stereocenters. The molecule has 1 aliphatic heterocycles. The topological polar surface area (TPSA) is 46.6 Å². The Morgan fingerprint density at radius 2 is 1.75 bits per heavy atom. The minimum absolute atomic E-state index is 0.0975. The number of hydrogen-bond donors (Lipinski definition) is 0. The third-order valence-corrected chi connectivity index (χ3v) is 3.79. The second kappa shape index (κ2) is 6.07. The molecule has 0 saturated carbocycles. The van der Waals surface area contributed by atoms with E-state index in [4.69, 9.17) is 4.74 Å². The number of likely N-dealkylation sites (tertiary alicyclic amines) is 1. The van der Waals surface area contributed by atoms with Crippen LogP contribution in [0.4, 0.5) is 0 Å². The predicted molar refractivity (Wildman–Crippen MR) is 76.2 cm³/mol. The minimum Gasteiger partial charge on any atom is -0.455 e. The van der Waals surface area contributed by atoms with Crippen LogP contribution < -0.4 is 0 Å². The summed E-state index contributed by atoms with van der Waals surface area (Å²) in [6, 6.07) is 9.47. The second-order valence-electron chi connectivity index (χ2n) is 5.66. The third kappa shape index (κ3) is 3.18. The van der Waals surface area contributed by atoms with Crippen molar-refractivity contribution in [3.63, 3.8) is 0 Å². The van der Waals surface area contributed by atoms with Crippen LogP contribution in [0, 0.1) is 0 Å². The van der Waals surface area contributed by atoms with E-state index in [2.05, 4.69) is 0 Å². The Morgan fingerprint density at radius 3 is 2.35 bits per heavy atom. The van der Waals surface area contributed by atoms with E-state index in [1.165, 1.54) is 0 Å². The lowest BCUT2D eigenvalue weighted by Crippen LogP contribution is -2.36. The fourth-order valence-electron chi connectivity index (χ4n) is 2.34. The molecule has 2 rings (SSSR count). The Labute approximate surface area is 119 Å². The highest BCUT2D eigenvalue weighted by molar-refractivity contribution is 5.85. The van der Waals surface area contributed by atoms with E-state index in [9.17, 15) is 9.59 Å². The molecular formula is C16H21NO3. The second-order valence-corrected chi connectivity index (χ2v) is 5.66. The average Bonchev–Trinajstić information content (AvgIpc) is 2.99. The van der Waals surface area contributed by atoms with E-state index in [1.54, 1.807) is 4.90 Å². The Bertz CT molecular complexity index is 476. The summed E-state index contributed by atoms with van der Waals surface area (Å²) < 4.78 is 5.21. The molecule has 0 unspecified atom stereocenters. The van der Waals surface area contributed by atoms with E-state index in [0.717, 1.165) is 31.5 Å². The maximum atomic E-state index is 12.2. The van der Waals surface area contributed by atoms with Gasteiger partial charge < -0.3 is 9.64 Å². The van der Waals surface area contributed by atoms with Crippen molar-refractivity contribution >= 4 is 11.9 Å². The Kier molecular flexibility index (Phi) is 4.42. The number of ether oxygens (including phenoxy) is 1. The summed E-state index contributed by atoms with van der Waals surface area (Å²) in [5.41, 5.74) is 0.144. The quantitative estimate of drug-likeness (QED) is 0.791. The van der Waals surface area contributed by atoms with Crippen LogP contribution in [-0.4, -0.2) is 36.5 Å². The van der Waals surface area contributed by atoms with Crippen LogP contribution in [0.2, 0.25) is 0 Å². The molecule has 1 heterocycles. The van der Waals surface area contributed by atoms with Gasteiger partial charge in [-0.2, -0.15) is 0 Å². The van der Waals surface area contributed by atoms with E-state index < -0.39 is 5.41 Å². The van der Waals surface area contributed by atoms with Gasteiger partial charge in [-0.3, -0.25) is 9.59 Å². The summed E-state index contributed by atoms with van der Waals surface area (Å²) in [7, 11) is 0. The van der Waals surface area contributed by atoms with Crippen molar-refractivity contribution in [2.24, 2.45) is 0 Å². The van der Waals surface area contributed by atoms with Crippen LogP contribution in [-0.2, 0) is 19.7 Å². The lowest BCUT2D eigenvalue weighted by Gasteiger charge is -2.23. The molecule has 0 bridgehead atoms.